The number of carbonyl (C=O) groups is 1. The lowest BCUT2D eigenvalue weighted by Crippen LogP contribution is -2.40. The number of allylic oxidation sites excluding steroid dienone is 1. The molecule has 0 amide bonds. The number of benzene rings is 1. The van der Waals surface area contributed by atoms with Crippen LogP contribution in [0.5, 0.6) is 0 Å². The second-order valence-corrected chi connectivity index (χ2v) is 9.09. The van der Waals surface area contributed by atoms with Crippen LogP contribution in [-0.2, 0) is 17.1 Å². The van der Waals surface area contributed by atoms with E-state index < -0.39 is 40.9 Å². The maximum absolute atomic E-state index is 12.7. The minimum Gasteiger partial charge on any atom is -0.481 e. The van der Waals surface area contributed by atoms with Crippen LogP contribution in [0.15, 0.2) is 30.9 Å². The molecular weight excluding hydrogens is 460 g/mol. The molecule has 2 saturated carbocycles. The van der Waals surface area contributed by atoms with Crippen LogP contribution in [0.4, 0.5) is 26.3 Å². The zero-order chi connectivity index (χ0) is 25.4. The highest BCUT2D eigenvalue weighted by molar-refractivity contribution is 5.76. The average Bonchev–Trinajstić information content (AvgIpc) is 2.77. The van der Waals surface area contributed by atoms with E-state index in [0.29, 0.717) is 12.1 Å². The molecule has 1 unspecified atom stereocenters. The molecule has 0 bridgehead atoms. The van der Waals surface area contributed by atoms with Crippen molar-refractivity contribution in [3.8, 4) is 0 Å². The number of nitrogens with one attached hydrogen (secondary N) is 1. The van der Waals surface area contributed by atoms with Gasteiger partial charge in [-0.3, -0.25) is 4.79 Å². The first-order valence-corrected chi connectivity index (χ1v) is 11.8. The Kier molecular flexibility index (Phi) is 10.5. The first-order chi connectivity index (χ1) is 15.9. The third-order valence-electron chi connectivity index (χ3n) is 6.39. The van der Waals surface area contributed by atoms with Gasteiger partial charge in [-0.1, -0.05) is 44.6 Å². The maximum Gasteiger partial charge on any atom is 0.416 e. The van der Waals surface area contributed by atoms with Gasteiger partial charge in [0, 0.05) is 12.1 Å². The predicted octanol–water partition coefficient (Wildman–Crippen LogP) is 7.71. The number of carboxylic acid groups (broad SMARTS) is 1. The molecule has 0 aliphatic heterocycles. The smallest absolute Gasteiger partial charge is 0.416 e. The van der Waals surface area contributed by atoms with Gasteiger partial charge in [0.1, 0.15) is 0 Å². The molecule has 192 valence electrons. The van der Waals surface area contributed by atoms with Crippen LogP contribution in [0.1, 0.15) is 93.2 Å². The van der Waals surface area contributed by atoms with Gasteiger partial charge in [0.2, 0.25) is 0 Å². The molecule has 0 saturated heterocycles. The molecule has 2 fully saturated rings. The Labute approximate surface area is 196 Å². The summed E-state index contributed by atoms with van der Waals surface area (Å²) in [7, 11) is 0. The van der Waals surface area contributed by atoms with Gasteiger partial charge in [-0.15, -0.1) is 6.58 Å². The number of hydrogen-bond acceptors (Lipinski definition) is 2. The van der Waals surface area contributed by atoms with Gasteiger partial charge in [0.25, 0.3) is 0 Å². The summed E-state index contributed by atoms with van der Waals surface area (Å²) < 4.78 is 75.9. The van der Waals surface area contributed by atoms with Gasteiger partial charge in [0.05, 0.1) is 17.0 Å². The van der Waals surface area contributed by atoms with E-state index in [1.807, 2.05) is 0 Å². The van der Waals surface area contributed by atoms with Crippen LogP contribution in [0, 0.1) is 0 Å². The van der Waals surface area contributed by atoms with E-state index in [4.69, 9.17) is 5.11 Å². The van der Waals surface area contributed by atoms with Crippen LogP contribution in [-0.4, -0.2) is 23.2 Å². The number of carboxylic acids is 1. The molecule has 2 aliphatic rings. The van der Waals surface area contributed by atoms with Crippen LogP contribution in [0.2, 0.25) is 0 Å². The van der Waals surface area contributed by atoms with Crippen molar-refractivity contribution in [3.63, 3.8) is 0 Å². The first kappa shape index (κ1) is 28.2. The van der Waals surface area contributed by atoms with Crippen LogP contribution < -0.4 is 5.32 Å². The Morgan fingerprint density at radius 2 is 1.29 bits per heavy atom. The molecule has 9 heteroatoms. The molecule has 0 heterocycles. The topological polar surface area (TPSA) is 49.3 Å². The maximum atomic E-state index is 12.7. The number of halogens is 6. The molecule has 0 aromatic heterocycles. The fourth-order valence-electron chi connectivity index (χ4n) is 4.60. The Balaban J connectivity index is 0.000000266. The Bertz CT molecular complexity index is 745. The zero-order valence-electron chi connectivity index (χ0n) is 19.1. The largest absolute Gasteiger partial charge is 0.481 e. The second-order valence-electron chi connectivity index (χ2n) is 9.09. The molecule has 3 rings (SSSR count). The lowest BCUT2D eigenvalue weighted by atomic mass is 9.91. The van der Waals surface area contributed by atoms with Gasteiger partial charge in [-0.2, -0.15) is 26.3 Å². The Morgan fingerprint density at radius 1 is 0.882 bits per heavy atom. The van der Waals surface area contributed by atoms with Crippen molar-refractivity contribution in [3.05, 3.63) is 47.5 Å². The molecule has 1 atom stereocenters. The Hall–Kier alpha value is -2.03. The van der Waals surface area contributed by atoms with Gasteiger partial charge in [-0.05, 0) is 55.9 Å². The summed E-state index contributed by atoms with van der Waals surface area (Å²) in [5.74, 6) is -3.05. The summed E-state index contributed by atoms with van der Waals surface area (Å²) in [5, 5.41) is 12.8. The molecule has 1 aromatic rings. The van der Waals surface area contributed by atoms with E-state index in [1.165, 1.54) is 64.2 Å². The third kappa shape index (κ3) is 8.96. The summed E-state index contributed by atoms with van der Waals surface area (Å²) in [5.41, 5.74) is -3.64. The lowest BCUT2D eigenvalue weighted by Gasteiger charge is -2.30. The van der Waals surface area contributed by atoms with Crippen molar-refractivity contribution in [2.45, 2.75) is 101 Å². The standard InChI is InChI=1S/C13H10F6O2.C12H23N/c1-2-3-10(11(20)21)7-4-8(12(14,15)16)6-9(5-7)13(17,18)19;1-3-7-11(8-4-1)13-12-9-5-2-6-10-12/h2,4-6,10H,1,3H2,(H,20,21);11-13H,1-10H2. The van der Waals surface area contributed by atoms with Gasteiger partial charge >= 0.3 is 18.3 Å². The average molecular weight is 494 g/mol. The fraction of sp³-hybridized carbons (Fsp3) is 0.640. The molecule has 3 nitrogen and oxygen atoms in total. The Morgan fingerprint density at radius 3 is 1.62 bits per heavy atom. The van der Waals surface area contributed by atoms with Crippen LogP contribution in [0.25, 0.3) is 0 Å². The summed E-state index contributed by atoms with van der Waals surface area (Å²) in [6.45, 7) is 3.24. The molecule has 0 spiro atoms. The summed E-state index contributed by atoms with van der Waals surface area (Å²) in [4.78, 5) is 11.0. The van der Waals surface area contributed by atoms with Crippen molar-refractivity contribution in [1.82, 2.24) is 5.32 Å². The van der Waals surface area contributed by atoms with Gasteiger partial charge < -0.3 is 10.4 Å². The van der Waals surface area contributed by atoms with Crippen molar-refractivity contribution in [2.75, 3.05) is 0 Å². The number of hydrogen-bond donors (Lipinski definition) is 2. The highest BCUT2D eigenvalue weighted by Gasteiger charge is 2.38. The molecule has 1 aromatic carbocycles. The highest BCUT2D eigenvalue weighted by Crippen LogP contribution is 2.38. The van der Waals surface area contributed by atoms with Gasteiger partial charge in [-0.25, -0.2) is 0 Å². The van der Waals surface area contributed by atoms with Crippen molar-refractivity contribution >= 4 is 5.97 Å². The SMILES string of the molecule is C1CCC(NC2CCCCC2)CC1.C=CCC(C(=O)O)c1cc(C(F)(F)F)cc(C(F)(F)F)c1. The first-order valence-electron chi connectivity index (χ1n) is 11.8. The molecular formula is C25H33F6NO2. The van der Waals surface area contributed by atoms with E-state index in [0.717, 1.165) is 18.2 Å². The third-order valence-corrected chi connectivity index (χ3v) is 6.39. The number of aliphatic carboxylic acids is 1. The van der Waals surface area contributed by atoms with E-state index >= 15 is 0 Å². The van der Waals surface area contributed by atoms with Gasteiger partial charge in [0.15, 0.2) is 0 Å². The van der Waals surface area contributed by atoms with E-state index in [9.17, 15) is 31.1 Å². The van der Waals surface area contributed by atoms with Crippen molar-refractivity contribution in [1.29, 1.82) is 0 Å². The lowest BCUT2D eigenvalue weighted by molar-refractivity contribution is -0.144. The number of alkyl halides is 6. The normalized spacial score (nSPS) is 19.1. The highest BCUT2D eigenvalue weighted by atomic mass is 19.4. The van der Waals surface area contributed by atoms with Crippen molar-refractivity contribution < 1.29 is 36.2 Å². The summed E-state index contributed by atoms with van der Waals surface area (Å²) in [6, 6.07) is 2.53. The van der Waals surface area contributed by atoms with E-state index in [-0.39, 0.29) is 12.5 Å². The quantitative estimate of drug-likeness (QED) is 0.315. The molecule has 2 N–H and O–H groups in total. The van der Waals surface area contributed by atoms with Crippen LogP contribution >= 0.6 is 0 Å². The minimum absolute atomic E-state index is 0.0453. The second kappa shape index (κ2) is 12.6. The van der Waals surface area contributed by atoms with E-state index in [1.54, 1.807) is 0 Å². The summed E-state index contributed by atoms with van der Waals surface area (Å²) in [6.07, 6.45) is 5.38. The van der Waals surface area contributed by atoms with Crippen LogP contribution in [0.3, 0.4) is 0 Å². The molecule has 2 aliphatic carbocycles. The summed E-state index contributed by atoms with van der Waals surface area (Å²) >= 11 is 0. The fourth-order valence-corrected chi connectivity index (χ4v) is 4.60. The molecule has 34 heavy (non-hydrogen) atoms. The monoisotopic (exact) mass is 493 g/mol. The predicted molar refractivity (Wildman–Crippen MR) is 119 cm³/mol. The molecule has 0 radical (unpaired) electrons. The van der Waals surface area contributed by atoms with E-state index in [2.05, 4.69) is 11.9 Å². The minimum atomic E-state index is -5.01. The zero-order valence-corrected chi connectivity index (χ0v) is 19.1. The van der Waals surface area contributed by atoms with Crippen molar-refractivity contribution in [2.24, 2.45) is 0 Å². The number of rotatable bonds is 6.